The third kappa shape index (κ3) is 4.06. The van der Waals surface area contributed by atoms with Gasteiger partial charge in [-0.2, -0.15) is 0 Å². The van der Waals surface area contributed by atoms with Gasteiger partial charge in [0.15, 0.2) is 23.2 Å². The van der Waals surface area contributed by atoms with E-state index in [1.165, 1.54) is 11.1 Å². The van der Waals surface area contributed by atoms with Crippen LogP contribution in [0.25, 0.3) is 89.2 Å². The SMILES string of the molecule is c1ccc(-c2ccc3cc(-c4nc(-c5cc6ccccc6o5)nc(-c5cccc6c5oc5ccccc56)n4)ccc3c2)cc1. The predicted octanol–water partition coefficient (Wildman–Crippen LogP) is 10.3. The summed E-state index contributed by atoms with van der Waals surface area (Å²) >= 11 is 0. The first kappa shape index (κ1) is 24.5. The number of furan rings is 2. The van der Waals surface area contributed by atoms with Gasteiger partial charge < -0.3 is 8.83 Å². The minimum atomic E-state index is 0.467. The third-order valence-electron chi connectivity index (χ3n) is 8.13. The molecule has 5 nitrogen and oxygen atoms in total. The maximum atomic E-state index is 6.36. The lowest BCUT2D eigenvalue weighted by Crippen LogP contribution is -2.00. The van der Waals surface area contributed by atoms with Crippen LogP contribution in [0.15, 0.2) is 148 Å². The Hall–Kier alpha value is -6.07. The van der Waals surface area contributed by atoms with E-state index in [1.54, 1.807) is 0 Å². The zero-order chi connectivity index (χ0) is 29.0. The Labute approximate surface area is 252 Å². The van der Waals surface area contributed by atoms with E-state index in [-0.39, 0.29) is 0 Å². The Bertz CT molecular complexity index is 2480. The van der Waals surface area contributed by atoms with Crippen molar-refractivity contribution in [1.82, 2.24) is 15.0 Å². The van der Waals surface area contributed by atoms with Crippen molar-refractivity contribution in [2.24, 2.45) is 0 Å². The molecule has 9 aromatic rings. The topological polar surface area (TPSA) is 65.0 Å². The average molecular weight is 566 g/mol. The Morgan fingerprint density at radius 2 is 1.07 bits per heavy atom. The van der Waals surface area contributed by atoms with Crippen LogP contribution in [-0.2, 0) is 0 Å². The third-order valence-corrected chi connectivity index (χ3v) is 8.13. The van der Waals surface area contributed by atoms with E-state index in [0.29, 0.717) is 23.2 Å². The number of rotatable bonds is 4. The van der Waals surface area contributed by atoms with Crippen molar-refractivity contribution in [3.63, 3.8) is 0 Å². The molecule has 0 aliphatic rings. The lowest BCUT2D eigenvalue weighted by molar-refractivity contribution is 0.624. The lowest BCUT2D eigenvalue weighted by Gasteiger charge is -2.09. The second-order valence-electron chi connectivity index (χ2n) is 10.9. The quantitative estimate of drug-likeness (QED) is 0.212. The first-order valence-corrected chi connectivity index (χ1v) is 14.5. The summed E-state index contributed by atoms with van der Waals surface area (Å²) in [7, 11) is 0. The summed E-state index contributed by atoms with van der Waals surface area (Å²) in [6.07, 6.45) is 0. The van der Waals surface area contributed by atoms with E-state index < -0.39 is 0 Å². The van der Waals surface area contributed by atoms with Crippen LogP contribution in [0, 0.1) is 0 Å². The van der Waals surface area contributed by atoms with E-state index in [4.69, 9.17) is 23.8 Å². The number of para-hydroxylation sites is 3. The number of hydrogen-bond acceptors (Lipinski definition) is 5. The minimum absolute atomic E-state index is 0.467. The first-order chi connectivity index (χ1) is 21.8. The van der Waals surface area contributed by atoms with Crippen molar-refractivity contribution in [3.8, 4) is 45.5 Å². The molecule has 44 heavy (non-hydrogen) atoms. The molecule has 0 bridgehead atoms. The van der Waals surface area contributed by atoms with E-state index in [2.05, 4.69) is 72.8 Å². The van der Waals surface area contributed by atoms with Crippen LogP contribution in [0.1, 0.15) is 0 Å². The molecule has 0 fully saturated rings. The summed E-state index contributed by atoms with van der Waals surface area (Å²) in [6, 6.07) is 47.3. The van der Waals surface area contributed by atoms with Crippen LogP contribution in [0.3, 0.4) is 0 Å². The molecule has 9 rings (SSSR count). The standard InChI is InChI=1S/C39H23N3O2/c1-2-9-24(10-3-1)25-17-18-27-22-29(20-19-26(27)21-25)37-40-38(42-39(41-37)35-23-28-11-4-6-15-33(28)43-35)32-14-8-13-31-30-12-5-7-16-34(30)44-36(31)32/h1-23H. The second-order valence-corrected chi connectivity index (χ2v) is 10.9. The highest BCUT2D eigenvalue weighted by Gasteiger charge is 2.19. The lowest BCUT2D eigenvalue weighted by atomic mass is 10.00. The fraction of sp³-hybridized carbons (Fsp3) is 0. The largest absolute Gasteiger partial charge is 0.455 e. The highest BCUT2D eigenvalue weighted by atomic mass is 16.3. The highest BCUT2D eigenvalue weighted by molar-refractivity contribution is 6.09. The Balaban J connectivity index is 1.24. The number of hydrogen-bond donors (Lipinski definition) is 0. The fourth-order valence-electron chi connectivity index (χ4n) is 5.95. The second kappa shape index (κ2) is 9.75. The van der Waals surface area contributed by atoms with E-state index in [0.717, 1.165) is 54.8 Å². The molecule has 0 unspecified atom stereocenters. The number of nitrogens with zero attached hydrogens (tertiary/aromatic N) is 3. The summed E-state index contributed by atoms with van der Waals surface area (Å²) in [4.78, 5) is 14.9. The van der Waals surface area contributed by atoms with Gasteiger partial charge >= 0.3 is 0 Å². The average Bonchev–Trinajstić information content (AvgIpc) is 3.70. The van der Waals surface area contributed by atoms with Crippen molar-refractivity contribution in [3.05, 3.63) is 140 Å². The summed E-state index contributed by atoms with van der Waals surface area (Å²) in [6.45, 7) is 0. The molecule has 0 atom stereocenters. The molecule has 0 saturated heterocycles. The molecule has 0 amide bonds. The first-order valence-electron chi connectivity index (χ1n) is 14.5. The van der Waals surface area contributed by atoms with Crippen LogP contribution < -0.4 is 0 Å². The van der Waals surface area contributed by atoms with Crippen LogP contribution in [0.2, 0.25) is 0 Å². The molecule has 0 radical (unpaired) electrons. The van der Waals surface area contributed by atoms with E-state index in [1.807, 2.05) is 66.7 Å². The summed E-state index contributed by atoms with van der Waals surface area (Å²) < 4.78 is 12.6. The molecule has 0 saturated carbocycles. The van der Waals surface area contributed by atoms with Crippen LogP contribution in [0.4, 0.5) is 0 Å². The van der Waals surface area contributed by atoms with E-state index in [9.17, 15) is 0 Å². The van der Waals surface area contributed by atoms with Crippen molar-refractivity contribution < 1.29 is 8.83 Å². The molecule has 0 aliphatic heterocycles. The van der Waals surface area contributed by atoms with Crippen LogP contribution >= 0.6 is 0 Å². The Morgan fingerprint density at radius 1 is 0.386 bits per heavy atom. The zero-order valence-corrected chi connectivity index (χ0v) is 23.4. The molecule has 5 heteroatoms. The molecule has 3 heterocycles. The molecular weight excluding hydrogens is 542 g/mol. The van der Waals surface area contributed by atoms with Crippen molar-refractivity contribution >= 4 is 43.7 Å². The summed E-state index contributed by atoms with van der Waals surface area (Å²) in [5.74, 6) is 2.14. The highest BCUT2D eigenvalue weighted by Crippen LogP contribution is 2.36. The summed E-state index contributed by atoms with van der Waals surface area (Å²) in [5.41, 5.74) is 6.41. The Kier molecular flexibility index (Phi) is 5.43. The molecule has 0 aliphatic carbocycles. The van der Waals surface area contributed by atoms with Crippen molar-refractivity contribution in [2.75, 3.05) is 0 Å². The molecule has 206 valence electrons. The number of benzene rings is 6. The number of fused-ring (bicyclic) bond motifs is 5. The maximum Gasteiger partial charge on any atom is 0.199 e. The van der Waals surface area contributed by atoms with Gasteiger partial charge in [-0.05, 0) is 58.3 Å². The van der Waals surface area contributed by atoms with Crippen molar-refractivity contribution in [1.29, 1.82) is 0 Å². The molecule has 0 N–H and O–H groups in total. The molecule has 3 aromatic heterocycles. The fourth-order valence-corrected chi connectivity index (χ4v) is 5.95. The van der Waals surface area contributed by atoms with Gasteiger partial charge in [-0.15, -0.1) is 0 Å². The Morgan fingerprint density at radius 3 is 1.93 bits per heavy atom. The molecular formula is C39H23N3O2. The zero-order valence-electron chi connectivity index (χ0n) is 23.4. The van der Waals surface area contributed by atoms with Gasteiger partial charge in [-0.25, -0.2) is 15.0 Å². The van der Waals surface area contributed by atoms with Gasteiger partial charge in [0.2, 0.25) is 0 Å². The van der Waals surface area contributed by atoms with Crippen LogP contribution in [-0.4, -0.2) is 15.0 Å². The minimum Gasteiger partial charge on any atom is -0.455 e. The van der Waals surface area contributed by atoms with Crippen LogP contribution in [0.5, 0.6) is 0 Å². The summed E-state index contributed by atoms with van der Waals surface area (Å²) in [5, 5.41) is 5.32. The van der Waals surface area contributed by atoms with Gasteiger partial charge in [0.1, 0.15) is 16.7 Å². The molecule has 0 spiro atoms. The van der Waals surface area contributed by atoms with E-state index >= 15 is 0 Å². The van der Waals surface area contributed by atoms with Gasteiger partial charge in [-0.1, -0.05) is 103 Å². The number of aromatic nitrogens is 3. The van der Waals surface area contributed by atoms with Gasteiger partial charge in [0.05, 0.1) is 5.56 Å². The predicted molar refractivity (Wildman–Crippen MR) is 176 cm³/mol. The normalized spacial score (nSPS) is 11.6. The monoisotopic (exact) mass is 565 g/mol. The van der Waals surface area contributed by atoms with Gasteiger partial charge in [0, 0.05) is 21.7 Å². The van der Waals surface area contributed by atoms with Gasteiger partial charge in [0.25, 0.3) is 0 Å². The van der Waals surface area contributed by atoms with Crippen molar-refractivity contribution in [2.45, 2.75) is 0 Å². The maximum absolute atomic E-state index is 6.36. The smallest absolute Gasteiger partial charge is 0.199 e. The molecule has 6 aromatic carbocycles. The van der Waals surface area contributed by atoms with Gasteiger partial charge in [-0.3, -0.25) is 0 Å².